The lowest BCUT2D eigenvalue weighted by molar-refractivity contribution is -0.116. The van der Waals surface area contributed by atoms with E-state index in [4.69, 9.17) is 0 Å². The lowest BCUT2D eigenvalue weighted by Crippen LogP contribution is -2.22. The standard InChI is InChI=1S/C10H9N3OS/c14-9-3-7(6-1-2-15-5-6)8-4-11-13-10(8)12-9/h1-2,4-5,7H,3H2,(H2,11,12,13,14). The molecule has 0 spiro atoms. The molecule has 0 saturated carbocycles. The van der Waals surface area contributed by atoms with E-state index in [1.165, 1.54) is 5.56 Å². The fourth-order valence-corrected chi connectivity index (χ4v) is 2.63. The molecule has 5 heteroatoms. The molecule has 0 aliphatic carbocycles. The minimum atomic E-state index is 0.0444. The van der Waals surface area contributed by atoms with Gasteiger partial charge in [0.15, 0.2) is 0 Å². The zero-order valence-electron chi connectivity index (χ0n) is 7.86. The third kappa shape index (κ3) is 1.35. The summed E-state index contributed by atoms with van der Waals surface area (Å²) >= 11 is 1.65. The number of carbonyl (C=O) groups excluding carboxylic acids is 1. The van der Waals surface area contributed by atoms with Crippen molar-refractivity contribution in [2.24, 2.45) is 0 Å². The van der Waals surface area contributed by atoms with Crippen molar-refractivity contribution in [1.82, 2.24) is 10.2 Å². The Kier molecular flexibility index (Phi) is 1.85. The molecule has 0 fully saturated rings. The number of rotatable bonds is 1. The minimum absolute atomic E-state index is 0.0444. The van der Waals surface area contributed by atoms with Crippen LogP contribution >= 0.6 is 11.3 Å². The van der Waals surface area contributed by atoms with Crippen LogP contribution in [0.25, 0.3) is 0 Å². The summed E-state index contributed by atoms with van der Waals surface area (Å²) in [6.45, 7) is 0. The molecule has 1 unspecified atom stereocenters. The predicted molar refractivity (Wildman–Crippen MR) is 58.0 cm³/mol. The molecule has 3 rings (SSSR count). The molecule has 76 valence electrons. The number of aromatic nitrogens is 2. The molecular weight excluding hydrogens is 210 g/mol. The molecule has 1 atom stereocenters. The van der Waals surface area contributed by atoms with E-state index in [2.05, 4.69) is 27.0 Å². The van der Waals surface area contributed by atoms with Gasteiger partial charge in [0, 0.05) is 17.9 Å². The van der Waals surface area contributed by atoms with Crippen LogP contribution in [0.5, 0.6) is 0 Å². The highest BCUT2D eigenvalue weighted by Crippen LogP contribution is 2.36. The zero-order valence-corrected chi connectivity index (χ0v) is 8.67. The van der Waals surface area contributed by atoms with Gasteiger partial charge in [0.05, 0.1) is 6.20 Å². The van der Waals surface area contributed by atoms with E-state index in [0.717, 1.165) is 11.4 Å². The number of carbonyl (C=O) groups is 1. The average molecular weight is 219 g/mol. The van der Waals surface area contributed by atoms with Crippen LogP contribution in [-0.2, 0) is 4.79 Å². The first-order valence-corrected chi connectivity index (χ1v) is 5.64. The lowest BCUT2D eigenvalue weighted by atomic mass is 9.89. The minimum Gasteiger partial charge on any atom is -0.311 e. The van der Waals surface area contributed by atoms with E-state index < -0.39 is 0 Å². The molecule has 0 bridgehead atoms. The molecule has 2 aromatic rings. The SMILES string of the molecule is O=C1CC(c2ccsc2)c2cn[nH]c2N1. The third-order valence-corrected chi connectivity index (χ3v) is 3.35. The first-order chi connectivity index (χ1) is 7.34. The van der Waals surface area contributed by atoms with Gasteiger partial charge in [0.2, 0.25) is 5.91 Å². The van der Waals surface area contributed by atoms with Crippen molar-refractivity contribution in [3.63, 3.8) is 0 Å². The van der Waals surface area contributed by atoms with Crippen LogP contribution in [0.1, 0.15) is 23.5 Å². The predicted octanol–water partition coefficient (Wildman–Crippen LogP) is 1.95. The summed E-state index contributed by atoms with van der Waals surface area (Å²) in [7, 11) is 0. The van der Waals surface area contributed by atoms with Crippen LogP contribution in [0.15, 0.2) is 23.0 Å². The Balaban J connectivity index is 2.08. The first-order valence-electron chi connectivity index (χ1n) is 4.70. The van der Waals surface area contributed by atoms with Crippen molar-refractivity contribution < 1.29 is 4.79 Å². The van der Waals surface area contributed by atoms with E-state index in [9.17, 15) is 4.79 Å². The molecule has 1 aliphatic heterocycles. The van der Waals surface area contributed by atoms with E-state index in [-0.39, 0.29) is 11.8 Å². The molecule has 2 aromatic heterocycles. The second-order valence-corrected chi connectivity index (χ2v) is 4.34. The van der Waals surface area contributed by atoms with E-state index >= 15 is 0 Å². The number of H-pyrrole nitrogens is 1. The van der Waals surface area contributed by atoms with Crippen LogP contribution in [0, 0.1) is 0 Å². The van der Waals surface area contributed by atoms with Gasteiger partial charge in [-0.2, -0.15) is 16.4 Å². The maximum atomic E-state index is 11.5. The van der Waals surface area contributed by atoms with E-state index in [1.54, 1.807) is 17.5 Å². The smallest absolute Gasteiger partial charge is 0.226 e. The van der Waals surface area contributed by atoms with Crippen molar-refractivity contribution in [3.05, 3.63) is 34.2 Å². The fourth-order valence-electron chi connectivity index (χ4n) is 1.92. The quantitative estimate of drug-likeness (QED) is 0.770. The third-order valence-electron chi connectivity index (χ3n) is 2.64. The topological polar surface area (TPSA) is 57.8 Å². The van der Waals surface area contributed by atoms with Gasteiger partial charge in [0.25, 0.3) is 0 Å². The van der Waals surface area contributed by atoms with Gasteiger partial charge in [-0.3, -0.25) is 9.89 Å². The summed E-state index contributed by atoms with van der Waals surface area (Å²) in [5.41, 5.74) is 2.27. The normalized spacial score (nSPS) is 19.7. The maximum absolute atomic E-state index is 11.5. The Bertz CT molecular complexity index is 489. The van der Waals surface area contributed by atoms with Crippen LogP contribution in [0.3, 0.4) is 0 Å². The van der Waals surface area contributed by atoms with Crippen molar-refractivity contribution in [2.75, 3.05) is 5.32 Å². The molecule has 0 radical (unpaired) electrons. The van der Waals surface area contributed by atoms with E-state index in [0.29, 0.717) is 6.42 Å². The highest BCUT2D eigenvalue weighted by Gasteiger charge is 2.27. The van der Waals surface area contributed by atoms with Crippen LogP contribution in [0.2, 0.25) is 0 Å². The lowest BCUT2D eigenvalue weighted by Gasteiger charge is -2.20. The molecular formula is C10H9N3OS. The molecule has 0 saturated heterocycles. The number of aromatic amines is 1. The summed E-state index contributed by atoms with van der Waals surface area (Å²) in [5, 5.41) is 13.7. The van der Waals surface area contributed by atoms with Crippen molar-refractivity contribution in [3.8, 4) is 0 Å². The van der Waals surface area contributed by atoms with Crippen LogP contribution in [-0.4, -0.2) is 16.1 Å². The maximum Gasteiger partial charge on any atom is 0.226 e. The highest BCUT2D eigenvalue weighted by molar-refractivity contribution is 7.08. The number of hydrogen-bond acceptors (Lipinski definition) is 3. The Morgan fingerprint density at radius 1 is 1.53 bits per heavy atom. The van der Waals surface area contributed by atoms with Crippen molar-refractivity contribution >= 4 is 23.1 Å². The van der Waals surface area contributed by atoms with Gasteiger partial charge < -0.3 is 5.32 Å². The van der Waals surface area contributed by atoms with Gasteiger partial charge in [-0.05, 0) is 22.4 Å². The second kappa shape index (κ2) is 3.20. The number of fused-ring (bicyclic) bond motifs is 1. The number of hydrogen-bond donors (Lipinski definition) is 2. The molecule has 2 N–H and O–H groups in total. The van der Waals surface area contributed by atoms with Gasteiger partial charge in [-0.15, -0.1) is 0 Å². The van der Waals surface area contributed by atoms with Gasteiger partial charge in [-0.1, -0.05) is 0 Å². The second-order valence-electron chi connectivity index (χ2n) is 3.56. The highest BCUT2D eigenvalue weighted by atomic mass is 32.1. The van der Waals surface area contributed by atoms with E-state index in [1.807, 2.05) is 5.38 Å². The average Bonchev–Trinajstić information content (AvgIpc) is 2.86. The fraction of sp³-hybridized carbons (Fsp3) is 0.200. The molecule has 15 heavy (non-hydrogen) atoms. The van der Waals surface area contributed by atoms with Gasteiger partial charge in [0.1, 0.15) is 5.82 Å². The molecule has 1 aliphatic rings. The summed E-state index contributed by atoms with van der Waals surface area (Å²) in [4.78, 5) is 11.5. The summed E-state index contributed by atoms with van der Waals surface area (Å²) in [5.74, 6) is 0.934. The zero-order chi connectivity index (χ0) is 10.3. The molecule has 1 amide bonds. The number of anilines is 1. The summed E-state index contributed by atoms with van der Waals surface area (Å²) < 4.78 is 0. The summed E-state index contributed by atoms with van der Waals surface area (Å²) in [6, 6.07) is 2.06. The Morgan fingerprint density at radius 3 is 3.27 bits per heavy atom. The van der Waals surface area contributed by atoms with Crippen LogP contribution in [0.4, 0.5) is 5.82 Å². The summed E-state index contributed by atoms with van der Waals surface area (Å²) in [6.07, 6.45) is 2.29. The van der Waals surface area contributed by atoms with Gasteiger partial charge in [-0.25, -0.2) is 0 Å². The van der Waals surface area contributed by atoms with Gasteiger partial charge >= 0.3 is 0 Å². The largest absolute Gasteiger partial charge is 0.311 e. The van der Waals surface area contributed by atoms with Crippen LogP contribution < -0.4 is 5.32 Å². The number of nitrogens with zero attached hydrogens (tertiary/aromatic N) is 1. The Morgan fingerprint density at radius 2 is 2.47 bits per heavy atom. The Labute approximate surface area is 90.3 Å². The molecule has 3 heterocycles. The number of nitrogens with one attached hydrogen (secondary N) is 2. The molecule has 4 nitrogen and oxygen atoms in total. The molecule has 0 aromatic carbocycles. The number of thiophene rings is 1. The number of amides is 1. The Hall–Kier alpha value is -1.62. The van der Waals surface area contributed by atoms with Crippen molar-refractivity contribution in [2.45, 2.75) is 12.3 Å². The first kappa shape index (κ1) is 8.67. The van der Waals surface area contributed by atoms with Crippen molar-refractivity contribution in [1.29, 1.82) is 0 Å². The monoisotopic (exact) mass is 219 g/mol.